The highest BCUT2D eigenvalue weighted by atomic mass is 16.2. The molecule has 1 saturated heterocycles. The molecule has 4 heteroatoms. The van der Waals surface area contributed by atoms with Crippen molar-refractivity contribution in [1.82, 2.24) is 10.2 Å². The lowest BCUT2D eigenvalue weighted by atomic mass is 9.63. The van der Waals surface area contributed by atoms with Crippen LogP contribution in [0.25, 0.3) is 0 Å². The van der Waals surface area contributed by atoms with Gasteiger partial charge in [-0.2, -0.15) is 0 Å². The van der Waals surface area contributed by atoms with Gasteiger partial charge in [-0.25, -0.2) is 0 Å². The summed E-state index contributed by atoms with van der Waals surface area (Å²) < 4.78 is 0. The van der Waals surface area contributed by atoms with Gasteiger partial charge in [0.2, 0.25) is 11.8 Å². The Balaban J connectivity index is 1.90. The van der Waals surface area contributed by atoms with Crippen LogP contribution in [0, 0.1) is 0 Å². The van der Waals surface area contributed by atoms with Crippen molar-refractivity contribution in [2.75, 3.05) is 13.1 Å². The monoisotopic (exact) mass is 272 g/mol. The fourth-order valence-electron chi connectivity index (χ4n) is 3.25. The summed E-state index contributed by atoms with van der Waals surface area (Å²) in [7, 11) is 0. The van der Waals surface area contributed by atoms with Gasteiger partial charge in [0.1, 0.15) is 6.04 Å². The molecule has 1 atom stereocenters. The van der Waals surface area contributed by atoms with Gasteiger partial charge in [-0.15, -0.1) is 0 Å². The maximum atomic E-state index is 13.0. The van der Waals surface area contributed by atoms with Gasteiger partial charge in [0.25, 0.3) is 0 Å². The number of hydrogen-bond donors (Lipinski definition) is 1. The first-order valence-corrected chi connectivity index (χ1v) is 7.29. The molecule has 2 aliphatic rings. The number of hydrogen-bond acceptors (Lipinski definition) is 2. The summed E-state index contributed by atoms with van der Waals surface area (Å²) in [4.78, 5) is 26.5. The SMILES string of the molecule is CC1C(=O)NCCN1C(=O)C1(c2ccccc2)CCC1. The number of carbonyl (C=O) groups is 2. The maximum Gasteiger partial charge on any atom is 0.242 e. The lowest BCUT2D eigenvalue weighted by Gasteiger charge is -2.46. The molecule has 1 unspecified atom stereocenters. The van der Waals surface area contributed by atoms with Gasteiger partial charge in [0.05, 0.1) is 5.41 Å². The Morgan fingerprint density at radius 3 is 2.60 bits per heavy atom. The Hall–Kier alpha value is -1.84. The summed E-state index contributed by atoms with van der Waals surface area (Å²) in [6.07, 6.45) is 2.86. The van der Waals surface area contributed by atoms with Gasteiger partial charge in [0.15, 0.2) is 0 Å². The zero-order valence-electron chi connectivity index (χ0n) is 11.8. The maximum absolute atomic E-state index is 13.0. The zero-order valence-corrected chi connectivity index (χ0v) is 11.8. The number of nitrogens with one attached hydrogen (secondary N) is 1. The molecule has 1 aliphatic heterocycles. The van der Waals surface area contributed by atoms with Crippen LogP contribution in [0.4, 0.5) is 0 Å². The fourth-order valence-corrected chi connectivity index (χ4v) is 3.25. The van der Waals surface area contributed by atoms with Gasteiger partial charge in [0, 0.05) is 13.1 Å². The molecule has 1 N–H and O–H groups in total. The van der Waals surface area contributed by atoms with E-state index in [1.807, 2.05) is 37.3 Å². The van der Waals surface area contributed by atoms with Gasteiger partial charge in [-0.05, 0) is 25.3 Å². The number of rotatable bonds is 2. The second kappa shape index (κ2) is 4.93. The van der Waals surface area contributed by atoms with Crippen molar-refractivity contribution >= 4 is 11.8 Å². The lowest BCUT2D eigenvalue weighted by molar-refractivity contribution is -0.149. The van der Waals surface area contributed by atoms with E-state index in [9.17, 15) is 9.59 Å². The average molecular weight is 272 g/mol. The van der Waals surface area contributed by atoms with E-state index in [1.54, 1.807) is 4.90 Å². The molecule has 2 amide bonds. The number of carbonyl (C=O) groups excluding carboxylic acids is 2. The zero-order chi connectivity index (χ0) is 14.2. The third-order valence-corrected chi connectivity index (χ3v) is 4.70. The molecule has 4 nitrogen and oxygen atoms in total. The van der Waals surface area contributed by atoms with Crippen LogP contribution in [0.5, 0.6) is 0 Å². The van der Waals surface area contributed by atoms with Crippen LogP contribution in [0.2, 0.25) is 0 Å². The molecule has 106 valence electrons. The quantitative estimate of drug-likeness (QED) is 0.886. The molecule has 1 heterocycles. The topological polar surface area (TPSA) is 49.4 Å². The van der Waals surface area contributed by atoms with Crippen molar-refractivity contribution < 1.29 is 9.59 Å². The predicted molar refractivity (Wildman–Crippen MR) is 76.2 cm³/mol. The number of amides is 2. The van der Waals surface area contributed by atoms with Crippen molar-refractivity contribution in [3.05, 3.63) is 35.9 Å². The van der Waals surface area contributed by atoms with Crippen LogP contribution in [-0.2, 0) is 15.0 Å². The Morgan fingerprint density at radius 2 is 2.00 bits per heavy atom. The van der Waals surface area contributed by atoms with Crippen LogP contribution in [0.1, 0.15) is 31.7 Å². The van der Waals surface area contributed by atoms with Crippen LogP contribution in [0.3, 0.4) is 0 Å². The third-order valence-electron chi connectivity index (χ3n) is 4.70. The Kier molecular flexibility index (Phi) is 3.24. The van der Waals surface area contributed by atoms with Gasteiger partial charge >= 0.3 is 0 Å². The molecule has 2 fully saturated rings. The number of benzene rings is 1. The minimum atomic E-state index is -0.396. The van der Waals surface area contributed by atoms with E-state index in [2.05, 4.69) is 5.32 Å². The highest BCUT2D eigenvalue weighted by Gasteiger charge is 2.49. The van der Waals surface area contributed by atoms with E-state index in [4.69, 9.17) is 0 Å². The molecule has 0 bridgehead atoms. The van der Waals surface area contributed by atoms with Gasteiger partial charge in [-0.3, -0.25) is 9.59 Å². The number of piperazine rings is 1. The van der Waals surface area contributed by atoms with E-state index in [0.717, 1.165) is 24.8 Å². The van der Waals surface area contributed by atoms with Crippen molar-refractivity contribution in [2.24, 2.45) is 0 Å². The van der Waals surface area contributed by atoms with Crippen LogP contribution < -0.4 is 5.32 Å². The molecule has 1 aromatic rings. The summed E-state index contributed by atoms with van der Waals surface area (Å²) in [6, 6.07) is 9.64. The Labute approximate surface area is 119 Å². The highest BCUT2D eigenvalue weighted by molar-refractivity contribution is 5.94. The Bertz CT molecular complexity index is 523. The summed E-state index contributed by atoms with van der Waals surface area (Å²) in [6.45, 7) is 2.98. The first-order valence-electron chi connectivity index (χ1n) is 7.29. The average Bonchev–Trinajstić information content (AvgIpc) is 2.42. The smallest absolute Gasteiger partial charge is 0.242 e. The predicted octanol–water partition coefficient (Wildman–Crippen LogP) is 1.46. The van der Waals surface area contributed by atoms with E-state index < -0.39 is 5.41 Å². The fraction of sp³-hybridized carbons (Fsp3) is 0.500. The van der Waals surface area contributed by atoms with Crippen molar-refractivity contribution in [3.63, 3.8) is 0 Å². The van der Waals surface area contributed by atoms with Gasteiger partial charge < -0.3 is 10.2 Å². The van der Waals surface area contributed by atoms with Crippen LogP contribution >= 0.6 is 0 Å². The summed E-state index contributed by atoms with van der Waals surface area (Å²) in [5, 5.41) is 2.81. The molecular weight excluding hydrogens is 252 g/mol. The van der Waals surface area contributed by atoms with E-state index in [0.29, 0.717) is 13.1 Å². The highest BCUT2D eigenvalue weighted by Crippen LogP contribution is 2.45. The lowest BCUT2D eigenvalue weighted by Crippen LogP contribution is -2.61. The minimum Gasteiger partial charge on any atom is -0.353 e. The second-order valence-electron chi connectivity index (χ2n) is 5.77. The first-order chi connectivity index (χ1) is 9.65. The normalized spacial score (nSPS) is 24.8. The second-order valence-corrected chi connectivity index (χ2v) is 5.77. The number of nitrogens with zero attached hydrogens (tertiary/aromatic N) is 1. The van der Waals surface area contributed by atoms with E-state index in [1.165, 1.54) is 0 Å². The largest absolute Gasteiger partial charge is 0.353 e. The van der Waals surface area contributed by atoms with E-state index in [-0.39, 0.29) is 17.9 Å². The summed E-state index contributed by atoms with van der Waals surface area (Å²) in [5.74, 6) is 0.0736. The van der Waals surface area contributed by atoms with Crippen LogP contribution in [0.15, 0.2) is 30.3 Å². The molecular formula is C16H20N2O2. The van der Waals surface area contributed by atoms with E-state index >= 15 is 0 Å². The summed E-state index contributed by atoms with van der Waals surface area (Å²) in [5.41, 5.74) is 0.696. The Morgan fingerprint density at radius 1 is 1.30 bits per heavy atom. The van der Waals surface area contributed by atoms with Gasteiger partial charge in [-0.1, -0.05) is 36.8 Å². The molecule has 1 aliphatic carbocycles. The van der Waals surface area contributed by atoms with Crippen LogP contribution in [-0.4, -0.2) is 35.8 Å². The van der Waals surface area contributed by atoms with Crippen molar-refractivity contribution in [1.29, 1.82) is 0 Å². The third kappa shape index (κ3) is 1.90. The minimum absolute atomic E-state index is 0.0489. The molecule has 0 spiro atoms. The first kappa shape index (κ1) is 13.2. The molecule has 0 radical (unpaired) electrons. The molecule has 1 aromatic carbocycles. The summed E-state index contributed by atoms with van der Waals surface area (Å²) >= 11 is 0. The molecule has 20 heavy (non-hydrogen) atoms. The van der Waals surface area contributed by atoms with Crippen molar-refractivity contribution in [2.45, 2.75) is 37.6 Å². The standard InChI is InChI=1S/C16H20N2O2/c1-12-14(19)17-10-11-18(12)15(20)16(8-5-9-16)13-6-3-2-4-7-13/h2-4,6-7,12H,5,8-11H2,1H3,(H,17,19). The molecule has 0 aromatic heterocycles. The molecule has 3 rings (SSSR count). The van der Waals surface area contributed by atoms with Crippen molar-refractivity contribution in [3.8, 4) is 0 Å². The molecule has 1 saturated carbocycles.